The van der Waals surface area contributed by atoms with Gasteiger partial charge in [0, 0.05) is 22.1 Å². The molecule has 4 N–H and O–H groups in total. The summed E-state index contributed by atoms with van der Waals surface area (Å²) in [6.07, 6.45) is -0.477. The van der Waals surface area contributed by atoms with E-state index in [-0.39, 0.29) is 5.84 Å². The normalized spacial score (nSPS) is 25.0. The minimum Gasteiger partial charge on any atom is -0.384 e. The number of nitrogens with one attached hydrogen (secondary N) is 1. The number of amidine groups is 1. The van der Waals surface area contributed by atoms with Gasteiger partial charge in [0.1, 0.15) is 12.0 Å². The predicted octanol–water partition coefficient (Wildman–Crippen LogP) is 3.18. The maximum absolute atomic E-state index is 11.4. The highest BCUT2D eigenvalue weighted by Gasteiger charge is 2.51. The summed E-state index contributed by atoms with van der Waals surface area (Å²) in [5, 5.41) is 15.3. The Hall–Kier alpha value is -1.76. The SMILES string of the molecule is CN1c2ccc(Br)cc2NC1C1(O)C(N)=Nc2ccc(Cl)cc21. The Morgan fingerprint density at radius 2 is 2.13 bits per heavy atom. The largest absolute Gasteiger partial charge is 0.384 e. The van der Waals surface area contributed by atoms with E-state index in [2.05, 4.69) is 26.2 Å². The monoisotopic (exact) mass is 392 g/mol. The summed E-state index contributed by atoms with van der Waals surface area (Å²) in [4.78, 5) is 6.27. The fraction of sp³-hybridized carbons (Fsp3) is 0.188. The number of rotatable bonds is 1. The number of nitrogens with two attached hydrogens (primary N) is 1. The van der Waals surface area contributed by atoms with E-state index in [0.29, 0.717) is 16.3 Å². The number of benzene rings is 2. The van der Waals surface area contributed by atoms with E-state index < -0.39 is 11.8 Å². The van der Waals surface area contributed by atoms with E-state index in [9.17, 15) is 5.11 Å². The zero-order chi connectivity index (χ0) is 16.4. The number of aliphatic hydroxyl groups is 1. The number of hydrogen-bond acceptors (Lipinski definition) is 5. The lowest BCUT2D eigenvalue weighted by Gasteiger charge is -2.35. The summed E-state index contributed by atoms with van der Waals surface area (Å²) in [7, 11) is 1.91. The number of aliphatic imine (C=N–C) groups is 1. The number of nitrogens with zero attached hydrogens (tertiary/aromatic N) is 2. The quantitative estimate of drug-likeness (QED) is 0.696. The lowest BCUT2D eigenvalue weighted by molar-refractivity contribution is 0.0933. The van der Waals surface area contributed by atoms with Crippen LogP contribution in [0.5, 0.6) is 0 Å². The van der Waals surface area contributed by atoms with Crippen molar-refractivity contribution in [3.8, 4) is 0 Å². The molecule has 7 heteroatoms. The number of halogens is 2. The van der Waals surface area contributed by atoms with Gasteiger partial charge < -0.3 is 21.1 Å². The van der Waals surface area contributed by atoms with Gasteiger partial charge in [-0.1, -0.05) is 27.5 Å². The highest BCUT2D eigenvalue weighted by Crippen LogP contribution is 2.47. The van der Waals surface area contributed by atoms with Gasteiger partial charge in [-0.15, -0.1) is 0 Å². The van der Waals surface area contributed by atoms with Crippen LogP contribution < -0.4 is 16.0 Å². The molecule has 118 valence electrons. The minimum absolute atomic E-state index is 0.158. The fourth-order valence-electron chi connectivity index (χ4n) is 3.25. The Balaban J connectivity index is 1.83. The first-order chi connectivity index (χ1) is 10.9. The van der Waals surface area contributed by atoms with Crippen molar-refractivity contribution in [3.63, 3.8) is 0 Å². The van der Waals surface area contributed by atoms with Crippen LogP contribution in [0.2, 0.25) is 5.02 Å². The predicted molar refractivity (Wildman–Crippen MR) is 96.6 cm³/mol. The Kier molecular flexibility index (Phi) is 3.13. The molecule has 0 aromatic heterocycles. The molecule has 0 spiro atoms. The molecule has 0 saturated carbocycles. The smallest absolute Gasteiger partial charge is 0.187 e. The second-order valence-corrected chi connectivity index (χ2v) is 7.10. The van der Waals surface area contributed by atoms with E-state index in [1.54, 1.807) is 18.2 Å². The standard InChI is InChI=1S/C16H14BrClN4O/c1-22-13-5-2-8(17)6-12(13)21-15(22)16(23)10-7-9(18)3-4-11(10)20-14(16)19/h2-7,15,21,23H,1H3,(H2,19,20). The van der Waals surface area contributed by atoms with Crippen molar-refractivity contribution in [1.82, 2.24) is 0 Å². The van der Waals surface area contributed by atoms with Crippen molar-refractivity contribution in [2.75, 3.05) is 17.3 Å². The van der Waals surface area contributed by atoms with Crippen molar-refractivity contribution < 1.29 is 5.11 Å². The first kappa shape index (κ1) is 14.8. The molecule has 4 rings (SSSR count). The third-order valence-corrected chi connectivity index (χ3v) is 5.14. The number of hydrogen-bond donors (Lipinski definition) is 3. The summed E-state index contributed by atoms with van der Waals surface area (Å²) in [5.41, 5.74) is 7.80. The highest BCUT2D eigenvalue weighted by molar-refractivity contribution is 9.10. The van der Waals surface area contributed by atoms with E-state index in [0.717, 1.165) is 15.8 Å². The molecule has 2 aromatic carbocycles. The van der Waals surface area contributed by atoms with Crippen molar-refractivity contribution in [2.45, 2.75) is 11.8 Å². The van der Waals surface area contributed by atoms with Crippen LogP contribution in [-0.4, -0.2) is 24.2 Å². The van der Waals surface area contributed by atoms with Crippen LogP contribution in [0.15, 0.2) is 45.9 Å². The Morgan fingerprint density at radius 1 is 1.35 bits per heavy atom. The van der Waals surface area contributed by atoms with Gasteiger partial charge in [0.05, 0.1) is 17.1 Å². The average molecular weight is 394 g/mol. The van der Waals surface area contributed by atoms with Crippen LogP contribution >= 0.6 is 27.5 Å². The summed E-state index contributed by atoms with van der Waals surface area (Å²) in [5.74, 6) is 0.158. The molecular formula is C16H14BrClN4O. The van der Waals surface area contributed by atoms with Crippen molar-refractivity contribution >= 4 is 50.4 Å². The topological polar surface area (TPSA) is 73.9 Å². The van der Waals surface area contributed by atoms with Gasteiger partial charge in [-0.25, -0.2) is 4.99 Å². The van der Waals surface area contributed by atoms with E-state index in [1.807, 2.05) is 30.1 Å². The van der Waals surface area contributed by atoms with Gasteiger partial charge in [-0.3, -0.25) is 0 Å². The van der Waals surface area contributed by atoms with Crippen molar-refractivity contribution in [2.24, 2.45) is 10.7 Å². The van der Waals surface area contributed by atoms with Crippen LogP contribution in [-0.2, 0) is 5.60 Å². The maximum atomic E-state index is 11.4. The molecule has 0 bridgehead atoms. The molecule has 0 saturated heterocycles. The zero-order valence-electron chi connectivity index (χ0n) is 12.2. The second-order valence-electron chi connectivity index (χ2n) is 5.74. The summed E-state index contributed by atoms with van der Waals surface area (Å²) in [6, 6.07) is 11.1. The molecule has 0 aliphatic carbocycles. The van der Waals surface area contributed by atoms with Gasteiger partial charge >= 0.3 is 0 Å². The average Bonchev–Trinajstić information content (AvgIpc) is 2.96. The maximum Gasteiger partial charge on any atom is 0.187 e. The Labute approximate surface area is 146 Å². The molecule has 0 amide bonds. The second kappa shape index (κ2) is 4.87. The van der Waals surface area contributed by atoms with Gasteiger partial charge in [0.15, 0.2) is 5.60 Å². The van der Waals surface area contributed by atoms with E-state index in [4.69, 9.17) is 17.3 Å². The van der Waals surface area contributed by atoms with Crippen LogP contribution in [0.25, 0.3) is 0 Å². The molecule has 2 aromatic rings. The number of anilines is 2. The Bertz CT molecular complexity index is 856. The summed E-state index contributed by atoms with van der Waals surface area (Å²) < 4.78 is 0.960. The molecule has 2 heterocycles. The van der Waals surface area contributed by atoms with Crippen LogP contribution in [0.4, 0.5) is 17.1 Å². The van der Waals surface area contributed by atoms with Gasteiger partial charge in [-0.2, -0.15) is 0 Å². The third kappa shape index (κ3) is 1.99. The number of fused-ring (bicyclic) bond motifs is 2. The van der Waals surface area contributed by atoms with Gasteiger partial charge in [0.2, 0.25) is 0 Å². The molecule has 0 radical (unpaired) electrons. The van der Waals surface area contributed by atoms with E-state index in [1.165, 1.54) is 0 Å². The van der Waals surface area contributed by atoms with Crippen molar-refractivity contribution in [3.05, 3.63) is 51.5 Å². The molecule has 5 nitrogen and oxygen atoms in total. The fourth-order valence-corrected chi connectivity index (χ4v) is 3.78. The lowest BCUT2D eigenvalue weighted by Crippen LogP contribution is -2.56. The molecular weight excluding hydrogens is 380 g/mol. The van der Waals surface area contributed by atoms with Crippen LogP contribution in [0, 0.1) is 0 Å². The van der Waals surface area contributed by atoms with E-state index >= 15 is 0 Å². The zero-order valence-corrected chi connectivity index (χ0v) is 14.6. The van der Waals surface area contributed by atoms with Crippen LogP contribution in [0.3, 0.4) is 0 Å². The summed E-state index contributed by atoms with van der Waals surface area (Å²) >= 11 is 9.57. The summed E-state index contributed by atoms with van der Waals surface area (Å²) in [6.45, 7) is 0. The highest BCUT2D eigenvalue weighted by atomic mass is 79.9. The molecule has 2 atom stereocenters. The van der Waals surface area contributed by atoms with Gasteiger partial charge in [-0.05, 0) is 36.4 Å². The number of likely N-dealkylation sites (N-methyl/N-ethyl adjacent to an activating group) is 1. The molecule has 2 aliphatic rings. The Morgan fingerprint density at radius 3 is 2.91 bits per heavy atom. The first-order valence-corrected chi connectivity index (χ1v) is 8.24. The molecule has 2 unspecified atom stereocenters. The molecule has 2 aliphatic heterocycles. The first-order valence-electron chi connectivity index (χ1n) is 7.07. The molecule has 0 fully saturated rings. The lowest BCUT2D eigenvalue weighted by atomic mass is 9.90. The third-order valence-electron chi connectivity index (χ3n) is 4.41. The minimum atomic E-state index is -1.46. The van der Waals surface area contributed by atoms with Crippen LogP contribution in [0.1, 0.15) is 5.56 Å². The van der Waals surface area contributed by atoms with Gasteiger partial charge in [0.25, 0.3) is 0 Å². The molecule has 23 heavy (non-hydrogen) atoms. The van der Waals surface area contributed by atoms with Crippen molar-refractivity contribution in [1.29, 1.82) is 0 Å².